The van der Waals surface area contributed by atoms with Gasteiger partial charge in [-0.25, -0.2) is 0 Å². The number of hydrogen-bond donors (Lipinski definition) is 4. The van der Waals surface area contributed by atoms with E-state index in [1.165, 1.54) is 5.56 Å². The van der Waals surface area contributed by atoms with E-state index in [4.69, 9.17) is 0 Å². The van der Waals surface area contributed by atoms with E-state index in [-0.39, 0.29) is 0 Å². The van der Waals surface area contributed by atoms with Gasteiger partial charge in [0.2, 0.25) is 0 Å². The van der Waals surface area contributed by atoms with Crippen molar-refractivity contribution in [2.45, 2.75) is 13.3 Å². The van der Waals surface area contributed by atoms with Crippen LogP contribution in [0.2, 0.25) is 0 Å². The maximum atomic E-state index is 4.15. The molecule has 5 nitrogen and oxygen atoms in total. The van der Waals surface area contributed by atoms with Gasteiger partial charge in [0.25, 0.3) is 0 Å². The molecule has 0 amide bonds. The summed E-state index contributed by atoms with van der Waals surface area (Å²) in [5.41, 5.74) is 2.43. The van der Waals surface area contributed by atoms with Crippen LogP contribution in [-0.2, 0) is 6.42 Å². The van der Waals surface area contributed by atoms with Gasteiger partial charge in [0.05, 0.1) is 0 Å². The zero-order valence-corrected chi connectivity index (χ0v) is 9.59. The summed E-state index contributed by atoms with van der Waals surface area (Å²) >= 11 is 0. The molecule has 0 spiro atoms. The SMILES string of the molecule is CNc1n[nH]c(NCCc2cc[nH]c2)c1C. The van der Waals surface area contributed by atoms with Gasteiger partial charge in [0, 0.05) is 31.5 Å². The number of nitrogens with zero attached hydrogens (tertiary/aromatic N) is 1. The van der Waals surface area contributed by atoms with E-state index < -0.39 is 0 Å². The van der Waals surface area contributed by atoms with Crippen LogP contribution in [0.15, 0.2) is 18.5 Å². The lowest BCUT2D eigenvalue weighted by molar-refractivity contribution is 0.992. The summed E-state index contributed by atoms with van der Waals surface area (Å²) in [6.45, 7) is 2.93. The van der Waals surface area contributed by atoms with Crippen LogP contribution in [0.5, 0.6) is 0 Å². The zero-order valence-electron chi connectivity index (χ0n) is 9.59. The van der Waals surface area contributed by atoms with Crippen LogP contribution < -0.4 is 10.6 Å². The molecule has 2 aromatic rings. The highest BCUT2D eigenvalue weighted by atomic mass is 15.2. The molecule has 0 radical (unpaired) electrons. The van der Waals surface area contributed by atoms with Crippen LogP contribution in [0.1, 0.15) is 11.1 Å². The summed E-state index contributed by atoms with van der Waals surface area (Å²) in [6, 6.07) is 2.08. The van der Waals surface area contributed by atoms with Gasteiger partial charge in [-0.2, -0.15) is 5.10 Å². The molecular weight excluding hydrogens is 202 g/mol. The van der Waals surface area contributed by atoms with Gasteiger partial charge in [0.15, 0.2) is 5.82 Å². The molecule has 0 saturated carbocycles. The monoisotopic (exact) mass is 219 g/mol. The van der Waals surface area contributed by atoms with Crippen LogP contribution in [-0.4, -0.2) is 28.8 Å². The number of aromatic nitrogens is 3. The van der Waals surface area contributed by atoms with E-state index in [0.29, 0.717) is 0 Å². The second-order valence-electron chi connectivity index (χ2n) is 3.72. The highest BCUT2D eigenvalue weighted by Crippen LogP contribution is 2.18. The van der Waals surface area contributed by atoms with Crippen LogP contribution in [0.3, 0.4) is 0 Å². The van der Waals surface area contributed by atoms with Crippen molar-refractivity contribution in [1.82, 2.24) is 15.2 Å². The topological polar surface area (TPSA) is 68.5 Å². The van der Waals surface area contributed by atoms with Gasteiger partial charge in [-0.15, -0.1) is 0 Å². The second-order valence-corrected chi connectivity index (χ2v) is 3.72. The molecule has 16 heavy (non-hydrogen) atoms. The first-order valence-electron chi connectivity index (χ1n) is 5.39. The molecule has 2 rings (SSSR count). The minimum atomic E-state index is 0.893. The predicted octanol–water partition coefficient (Wildman–Crippen LogP) is 1.74. The minimum Gasteiger partial charge on any atom is -0.371 e. The summed E-state index contributed by atoms with van der Waals surface area (Å²) in [5, 5.41) is 13.5. The first-order valence-corrected chi connectivity index (χ1v) is 5.39. The molecule has 0 atom stereocenters. The molecule has 4 N–H and O–H groups in total. The average Bonchev–Trinajstić information content (AvgIpc) is 2.90. The minimum absolute atomic E-state index is 0.893. The second kappa shape index (κ2) is 4.74. The highest BCUT2D eigenvalue weighted by Gasteiger charge is 2.06. The van der Waals surface area contributed by atoms with E-state index in [1.807, 2.05) is 26.4 Å². The first kappa shape index (κ1) is 10.6. The molecule has 0 aliphatic rings. The standard InChI is InChI=1S/C11H17N5/c1-8-10(12-2)15-16-11(8)14-6-4-9-3-5-13-7-9/h3,5,7,13H,4,6H2,1-2H3,(H3,12,14,15,16). The third-order valence-corrected chi connectivity index (χ3v) is 2.62. The molecular formula is C11H17N5. The molecule has 0 aromatic carbocycles. The van der Waals surface area contributed by atoms with Crippen molar-refractivity contribution >= 4 is 11.6 Å². The fourth-order valence-electron chi connectivity index (χ4n) is 1.66. The van der Waals surface area contributed by atoms with E-state index >= 15 is 0 Å². The Bertz CT molecular complexity index is 429. The average molecular weight is 219 g/mol. The molecule has 0 fully saturated rings. The van der Waals surface area contributed by atoms with Crippen molar-refractivity contribution in [3.63, 3.8) is 0 Å². The fraction of sp³-hybridized carbons (Fsp3) is 0.364. The van der Waals surface area contributed by atoms with Crippen molar-refractivity contribution in [3.8, 4) is 0 Å². The van der Waals surface area contributed by atoms with Gasteiger partial charge in [-0.1, -0.05) is 0 Å². The van der Waals surface area contributed by atoms with Gasteiger partial charge < -0.3 is 15.6 Å². The Morgan fingerprint density at radius 1 is 1.44 bits per heavy atom. The quantitative estimate of drug-likeness (QED) is 0.619. The molecule has 0 aliphatic heterocycles. The van der Waals surface area contributed by atoms with Gasteiger partial charge in [-0.3, -0.25) is 5.10 Å². The number of aromatic amines is 2. The lowest BCUT2D eigenvalue weighted by Gasteiger charge is -2.03. The van der Waals surface area contributed by atoms with Crippen LogP contribution >= 0.6 is 0 Å². The maximum absolute atomic E-state index is 4.15. The number of hydrogen-bond acceptors (Lipinski definition) is 3. The summed E-state index contributed by atoms with van der Waals surface area (Å²) in [5.74, 6) is 1.88. The summed E-state index contributed by atoms with van der Waals surface area (Å²) in [7, 11) is 1.87. The lowest BCUT2D eigenvalue weighted by Crippen LogP contribution is -2.05. The Morgan fingerprint density at radius 2 is 2.31 bits per heavy atom. The molecule has 0 saturated heterocycles. The van der Waals surface area contributed by atoms with Crippen molar-refractivity contribution in [3.05, 3.63) is 29.6 Å². The van der Waals surface area contributed by atoms with Crippen molar-refractivity contribution < 1.29 is 0 Å². The van der Waals surface area contributed by atoms with Crippen molar-refractivity contribution in [2.24, 2.45) is 0 Å². The fourth-order valence-corrected chi connectivity index (χ4v) is 1.66. The Kier molecular flexibility index (Phi) is 3.14. The summed E-state index contributed by atoms with van der Waals surface area (Å²) in [4.78, 5) is 3.05. The Morgan fingerprint density at radius 3 is 2.94 bits per heavy atom. The predicted molar refractivity (Wildman–Crippen MR) is 65.9 cm³/mol. The van der Waals surface area contributed by atoms with E-state index in [0.717, 1.165) is 30.2 Å². The lowest BCUT2D eigenvalue weighted by atomic mass is 10.2. The van der Waals surface area contributed by atoms with E-state index in [9.17, 15) is 0 Å². The number of H-pyrrole nitrogens is 2. The largest absolute Gasteiger partial charge is 0.371 e. The smallest absolute Gasteiger partial charge is 0.152 e. The molecule has 0 aliphatic carbocycles. The highest BCUT2D eigenvalue weighted by molar-refractivity contribution is 5.57. The maximum Gasteiger partial charge on any atom is 0.152 e. The van der Waals surface area contributed by atoms with Crippen LogP contribution in [0.4, 0.5) is 11.6 Å². The normalized spacial score (nSPS) is 10.4. The Hall–Kier alpha value is -1.91. The molecule has 5 heteroatoms. The van der Waals surface area contributed by atoms with E-state index in [2.05, 4.69) is 31.9 Å². The third-order valence-electron chi connectivity index (χ3n) is 2.62. The number of rotatable bonds is 5. The van der Waals surface area contributed by atoms with Gasteiger partial charge in [-0.05, 0) is 25.0 Å². The first-order chi connectivity index (χ1) is 7.81. The van der Waals surface area contributed by atoms with Crippen molar-refractivity contribution in [2.75, 3.05) is 24.2 Å². The van der Waals surface area contributed by atoms with Crippen LogP contribution in [0.25, 0.3) is 0 Å². The van der Waals surface area contributed by atoms with E-state index in [1.54, 1.807) is 0 Å². The summed E-state index contributed by atoms with van der Waals surface area (Å²) in [6.07, 6.45) is 4.95. The Labute approximate surface area is 94.7 Å². The third kappa shape index (κ3) is 2.18. The Balaban J connectivity index is 1.87. The van der Waals surface area contributed by atoms with Crippen molar-refractivity contribution in [1.29, 1.82) is 0 Å². The number of nitrogens with one attached hydrogen (secondary N) is 4. The molecule has 86 valence electrons. The zero-order chi connectivity index (χ0) is 11.4. The number of anilines is 2. The molecule has 0 bridgehead atoms. The molecule has 2 aromatic heterocycles. The molecule has 0 unspecified atom stereocenters. The molecule has 2 heterocycles. The summed E-state index contributed by atoms with van der Waals surface area (Å²) < 4.78 is 0. The van der Waals surface area contributed by atoms with Crippen LogP contribution in [0, 0.1) is 6.92 Å². The van der Waals surface area contributed by atoms with Gasteiger partial charge in [0.1, 0.15) is 5.82 Å². The van der Waals surface area contributed by atoms with Gasteiger partial charge >= 0.3 is 0 Å².